The predicted octanol–water partition coefficient (Wildman–Crippen LogP) is 3.72. The van der Waals surface area contributed by atoms with E-state index in [-0.39, 0.29) is 11.7 Å². The summed E-state index contributed by atoms with van der Waals surface area (Å²) in [7, 11) is 3.11. The van der Waals surface area contributed by atoms with Crippen molar-refractivity contribution >= 4 is 17.4 Å². The molecule has 1 aliphatic rings. The number of ether oxygens (including phenoxy) is 2. The molecule has 2 atom stereocenters. The molecule has 0 amide bonds. The van der Waals surface area contributed by atoms with Gasteiger partial charge in [0.25, 0.3) is 0 Å². The fourth-order valence-electron chi connectivity index (χ4n) is 2.07. The van der Waals surface area contributed by atoms with Gasteiger partial charge in [0, 0.05) is 18.6 Å². The van der Waals surface area contributed by atoms with E-state index in [2.05, 4.69) is 0 Å². The molecule has 0 spiro atoms. The highest BCUT2D eigenvalue weighted by molar-refractivity contribution is 6.24. The van der Waals surface area contributed by atoms with Crippen LogP contribution in [0, 0.1) is 5.92 Å². The molecule has 0 aliphatic heterocycles. The van der Waals surface area contributed by atoms with Gasteiger partial charge < -0.3 is 9.47 Å². The number of halogens is 1. The van der Waals surface area contributed by atoms with Gasteiger partial charge in [0.15, 0.2) is 10.8 Å². The quantitative estimate of drug-likeness (QED) is 0.472. The molecule has 4 heteroatoms. The van der Waals surface area contributed by atoms with E-state index in [0.29, 0.717) is 11.3 Å². The van der Waals surface area contributed by atoms with Crippen LogP contribution in [0.2, 0.25) is 0 Å². The molecular weight excluding hydrogens is 288 g/mol. The van der Waals surface area contributed by atoms with Crippen LogP contribution in [0.5, 0.6) is 0 Å². The minimum atomic E-state index is -1.00. The normalized spacial score (nSPS) is 24.9. The number of rotatable bonds is 5. The molecule has 0 radical (unpaired) electrons. The molecule has 0 aromatic heterocycles. The second-order valence-electron chi connectivity index (χ2n) is 4.62. The van der Waals surface area contributed by atoms with Gasteiger partial charge in [-0.05, 0) is 24.3 Å². The maximum atomic E-state index is 12.1. The van der Waals surface area contributed by atoms with Crippen LogP contribution in [-0.2, 0) is 9.47 Å². The molecule has 2 unspecified atom stereocenters. The maximum absolute atomic E-state index is 12.1. The Labute approximate surface area is 129 Å². The SMILES string of the molecule is COC1=CC(C=CC(=O)c2ccccc2)C(Cl)(OC)C=C1. The van der Waals surface area contributed by atoms with E-state index in [4.69, 9.17) is 21.1 Å². The van der Waals surface area contributed by atoms with E-state index >= 15 is 0 Å². The summed E-state index contributed by atoms with van der Waals surface area (Å²) in [5, 5.41) is -1.00. The fourth-order valence-corrected chi connectivity index (χ4v) is 2.27. The molecule has 1 aromatic rings. The second kappa shape index (κ2) is 6.74. The molecule has 2 rings (SSSR count). The van der Waals surface area contributed by atoms with Crippen molar-refractivity contribution in [2.24, 2.45) is 5.92 Å². The van der Waals surface area contributed by atoms with Crippen molar-refractivity contribution < 1.29 is 14.3 Å². The van der Waals surface area contributed by atoms with Crippen LogP contribution >= 0.6 is 11.6 Å². The van der Waals surface area contributed by atoms with Crippen molar-refractivity contribution in [3.63, 3.8) is 0 Å². The van der Waals surface area contributed by atoms with Crippen LogP contribution in [0.3, 0.4) is 0 Å². The summed E-state index contributed by atoms with van der Waals surface area (Å²) in [5.41, 5.74) is 0.633. The van der Waals surface area contributed by atoms with Gasteiger partial charge >= 0.3 is 0 Å². The van der Waals surface area contributed by atoms with Gasteiger partial charge in [-0.15, -0.1) is 0 Å². The molecule has 0 saturated heterocycles. The van der Waals surface area contributed by atoms with Crippen molar-refractivity contribution in [3.05, 3.63) is 72.0 Å². The molecule has 1 aromatic carbocycles. The topological polar surface area (TPSA) is 35.5 Å². The third kappa shape index (κ3) is 3.63. The number of methoxy groups -OCH3 is 2. The lowest BCUT2D eigenvalue weighted by Gasteiger charge is -2.30. The molecule has 3 nitrogen and oxygen atoms in total. The molecule has 21 heavy (non-hydrogen) atoms. The summed E-state index contributed by atoms with van der Waals surface area (Å²) in [6.45, 7) is 0. The van der Waals surface area contributed by atoms with Crippen LogP contribution in [0.15, 0.2) is 66.5 Å². The highest BCUT2D eigenvalue weighted by atomic mass is 35.5. The number of alkyl halides is 1. The number of carbonyl (C=O) groups is 1. The van der Waals surface area contributed by atoms with E-state index in [1.165, 1.54) is 13.2 Å². The smallest absolute Gasteiger partial charge is 0.185 e. The Kier molecular flexibility index (Phi) is 4.99. The minimum Gasteiger partial charge on any atom is -0.497 e. The summed E-state index contributed by atoms with van der Waals surface area (Å²) in [6, 6.07) is 9.07. The van der Waals surface area contributed by atoms with E-state index in [0.717, 1.165) is 0 Å². The summed E-state index contributed by atoms with van der Waals surface area (Å²) in [4.78, 5) is 12.1. The lowest BCUT2D eigenvalue weighted by Crippen LogP contribution is -2.32. The Hall–Kier alpha value is -1.84. The van der Waals surface area contributed by atoms with Crippen molar-refractivity contribution in [1.29, 1.82) is 0 Å². The van der Waals surface area contributed by atoms with Gasteiger partial charge in [0.05, 0.1) is 7.11 Å². The summed E-state index contributed by atoms with van der Waals surface area (Å²) in [5.74, 6) is 0.314. The Morgan fingerprint density at radius 2 is 2.00 bits per heavy atom. The number of hydrogen-bond acceptors (Lipinski definition) is 3. The van der Waals surface area contributed by atoms with E-state index < -0.39 is 5.06 Å². The molecule has 0 N–H and O–H groups in total. The van der Waals surface area contributed by atoms with Crippen molar-refractivity contribution in [1.82, 2.24) is 0 Å². The van der Waals surface area contributed by atoms with Crippen molar-refractivity contribution in [2.45, 2.75) is 5.06 Å². The van der Waals surface area contributed by atoms with Crippen molar-refractivity contribution in [2.75, 3.05) is 14.2 Å². The average Bonchev–Trinajstić information content (AvgIpc) is 2.54. The zero-order valence-corrected chi connectivity index (χ0v) is 12.7. The van der Waals surface area contributed by atoms with Gasteiger partial charge in [0.2, 0.25) is 0 Å². The van der Waals surface area contributed by atoms with Gasteiger partial charge in [-0.2, -0.15) is 0 Å². The van der Waals surface area contributed by atoms with Crippen LogP contribution in [-0.4, -0.2) is 25.1 Å². The summed E-state index contributed by atoms with van der Waals surface area (Å²) < 4.78 is 10.5. The standard InChI is InChI=1S/C17H17ClO3/c1-20-15-10-11-17(18,21-2)14(12-15)8-9-16(19)13-6-4-3-5-7-13/h3-12,14H,1-2H3. The third-order valence-corrected chi connectivity index (χ3v) is 3.87. The van der Waals surface area contributed by atoms with Gasteiger partial charge in [0.1, 0.15) is 5.76 Å². The lowest BCUT2D eigenvalue weighted by atomic mass is 9.94. The van der Waals surface area contributed by atoms with Crippen LogP contribution in [0.1, 0.15) is 10.4 Å². The second-order valence-corrected chi connectivity index (χ2v) is 5.21. The Bertz CT molecular complexity index is 589. The molecular formula is C17H17ClO3. The number of ketones is 1. The lowest BCUT2D eigenvalue weighted by molar-refractivity contribution is 0.0796. The first-order valence-electron chi connectivity index (χ1n) is 6.56. The van der Waals surface area contributed by atoms with E-state index in [9.17, 15) is 4.79 Å². The molecule has 110 valence electrons. The van der Waals surface area contributed by atoms with Crippen LogP contribution < -0.4 is 0 Å². The van der Waals surface area contributed by atoms with Gasteiger partial charge in [-0.1, -0.05) is 48.0 Å². The molecule has 0 bridgehead atoms. The predicted molar refractivity (Wildman–Crippen MR) is 83.2 cm³/mol. The third-order valence-electron chi connectivity index (χ3n) is 3.34. The number of allylic oxidation sites excluding steroid dienone is 2. The largest absolute Gasteiger partial charge is 0.497 e. The Balaban J connectivity index is 2.19. The van der Waals surface area contributed by atoms with E-state index in [1.54, 1.807) is 37.5 Å². The molecule has 0 saturated carbocycles. The minimum absolute atomic E-state index is 0.0763. The maximum Gasteiger partial charge on any atom is 0.185 e. The first-order valence-corrected chi connectivity index (χ1v) is 6.93. The fraction of sp³-hybridized carbons (Fsp3) is 0.235. The Morgan fingerprint density at radius 1 is 1.29 bits per heavy atom. The zero-order valence-electron chi connectivity index (χ0n) is 12.0. The van der Waals surface area contributed by atoms with Crippen LogP contribution in [0.4, 0.5) is 0 Å². The molecule has 0 heterocycles. The zero-order chi connectivity index (χ0) is 15.3. The average molecular weight is 305 g/mol. The molecule has 1 aliphatic carbocycles. The van der Waals surface area contributed by atoms with Gasteiger partial charge in [-0.25, -0.2) is 0 Å². The van der Waals surface area contributed by atoms with Crippen LogP contribution in [0.25, 0.3) is 0 Å². The first kappa shape index (κ1) is 15.5. The van der Waals surface area contributed by atoms with E-state index in [1.807, 2.05) is 24.3 Å². The number of carbonyl (C=O) groups excluding carboxylic acids is 1. The highest BCUT2D eigenvalue weighted by Crippen LogP contribution is 2.35. The Morgan fingerprint density at radius 3 is 2.62 bits per heavy atom. The monoisotopic (exact) mass is 304 g/mol. The number of benzene rings is 1. The van der Waals surface area contributed by atoms with Gasteiger partial charge in [-0.3, -0.25) is 4.79 Å². The molecule has 0 fully saturated rings. The summed E-state index contributed by atoms with van der Waals surface area (Å²) >= 11 is 6.41. The highest BCUT2D eigenvalue weighted by Gasteiger charge is 2.34. The first-order chi connectivity index (χ1) is 10.1. The number of hydrogen-bond donors (Lipinski definition) is 0. The van der Waals surface area contributed by atoms with Crippen molar-refractivity contribution in [3.8, 4) is 0 Å². The summed E-state index contributed by atoms with van der Waals surface area (Å²) in [6.07, 6.45) is 8.54.